The van der Waals surface area contributed by atoms with Crippen LogP contribution >= 0.6 is 27.5 Å². The predicted molar refractivity (Wildman–Crippen MR) is 83.4 cm³/mol. The maximum absolute atomic E-state index is 6.11. The van der Waals surface area contributed by atoms with Gasteiger partial charge in [0.2, 0.25) is 0 Å². The van der Waals surface area contributed by atoms with E-state index in [1.165, 1.54) is 0 Å². The molecule has 5 heteroatoms. The molecule has 0 aliphatic carbocycles. The number of hydrogen-bond acceptors (Lipinski definition) is 3. The van der Waals surface area contributed by atoms with E-state index in [-0.39, 0.29) is 0 Å². The lowest BCUT2D eigenvalue weighted by Gasteiger charge is -2.05. The Morgan fingerprint density at radius 2 is 1.70 bits per heavy atom. The van der Waals surface area contributed by atoms with Crippen LogP contribution in [-0.4, -0.2) is 15.0 Å². The third-order valence-electron chi connectivity index (χ3n) is 2.73. The predicted octanol–water partition coefficient (Wildman–Crippen LogP) is 4.62. The molecule has 0 saturated heterocycles. The second kappa shape index (κ2) is 5.69. The summed E-state index contributed by atoms with van der Waals surface area (Å²) in [4.78, 5) is 12.9. The van der Waals surface area contributed by atoms with Crippen LogP contribution in [0.4, 0.5) is 0 Å². The standard InChI is InChI=1S/C15H9BrClN3/c16-12-6-11(8-18-9-12)15-19-13(7-14(17)20-15)10-4-2-1-3-5-10/h1-9H. The largest absolute Gasteiger partial charge is 0.263 e. The minimum absolute atomic E-state index is 0.411. The van der Waals surface area contributed by atoms with Gasteiger partial charge in [0.25, 0.3) is 0 Å². The zero-order chi connectivity index (χ0) is 13.9. The zero-order valence-electron chi connectivity index (χ0n) is 10.3. The summed E-state index contributed by atoms with van der Waals surface area (Å²) in [7, 11) is 0. The highest BCUT2D eigenvalue weighted by Crippen LogP contribution is 2.25. The molecule has 0 spiro atoms. The van der Waals surface area contributed by atoms with E-state index in [1.807, 2.05) is 36.4 Å². The van der Waals surface area contributed by atoms with E-state index in [1.54, 1.807) is 18.5 Å². The normalized spacial score (nSPS) is 10.5. The Labute approximate surface area is 129 Å². The Morgan fingerprint density at radius 3 is 2.45 bits per heavy atom. The first-order valence-electron chi connectivity index (χ1n) is 5.93. The summed E-state index contributed by atoms with van der Waals surface area (Å²) >= 11 is 9.50. The topological polar surface area (TPSA) is 38.7 Å². The first-order chi connectivity index (χ1) is 9.72. The highest BCUT2D eigenvalue weighted by Gasteiger charge is 2.08. The fourth-order valence-corrected chi connectivity index (χ4v) is 2.39. The van der Waals surface area contributed by atoms with Crippen LogP contribution in [0.3, 0.4) is 0 Å². The number of benzene rings is 1. The molecule has 0 N–H and O–H groups in total. The van der Waals surface area contributed by atoms with Crippen molar-refractivity contribution in [2.75, 3.05) is 0 Å². The van der Waals surface area contributed by atoms with E-state index in [2.05, 4.69) is 30.9 Å². The summed E-state index contributed by atoms with van der Waals surface area (Å²) in [6.45, 7) is 0. The monoisotopic (exact) mass is 345 g/mol. The molecule has 3 rings (SSSR count). The van der Waals surface area contributed by atoms with E-state index >= 15 is 0 Å². The lowest BCUT2D eigenvalue weighted by molar-refractivity contribution is 1.16. The van der Waals surface area contributed by atoms with Gasteiger partial charge in [-0.1, -0.05) is 41.9 Å². The number of rotatable bonds is 2. The van der Waals surface area contributed by atoms with Gasteiger partial charge in [-0.15, -0.1) is 0 Å². The van der Waals surface area contributed by atoms with Crippen LogP contribution in [-0.2, 0) is 0 Å². The molecule has 0 amide bonds. The van der Waals surface area contributed by atoms with Crippen molar-refractivity contribution in [3.8, 4) is 22.6 Å². The molecule has 0 aliphatic heterocycles. The van der Waals surface area contributed by atoms with Crippen molar-refractivity contribution in [2.45, 2.75) is 0 Å². The molecule has 0 unspecified atom stereocenters. The number of halogens is 2. The van der Waals surface area contributed by atoms with Crippen LogP contribution < -0.4 is 0 Å². The third kappa shape index (κ3) is 2.86. The van der Waals surface area contributed by atoms with Crippen LogP contribution in [0.5, 0.6) is 0 Å². The number of aromatic nitrogens is 3. The second-order valence-electron chi connectivity index (χ2n) is 4.16. The SMILES string of the molecule is Clc1cc(-c2ccccc2)nc(-c2cncc(Br)c2)n1. The van der Waals surface area contributed by atoms with Crippen molar-refractivity contribution < 1.29 is 0 Å². The molecule has 0 aliphatic rings. The van der Waals surface area contributed by atoms with E-state index in [4.69, 9.17) is 11.6 Å². The highest BCUT2D eigenvalue weighted by atomic mass is 79.9. The molecule has 98 valence electrons. The third-order valence-corrected chi connectivity index (χ3v) is 3.35. The van der Waals surface area contributed by atoms with Crippen molar-refractivity contribution >= 4 is 27.5 Å². The van der Waals surface area contributed by atoms with E-state index in [0.717, 1.165) is 21.3 Å². The first kappa shape index (κ1) is 13.2. The van der Waals surface area contributed by atoms with Crippen molar-refractivity contribution in [3.63, 3.8) is 0 Å². The van der Waals surface area contributed by atoms with Gasteiger partial charge in [0, 0.05) is 34.1 Å². The Bertz CT molecular complexity index is 747. The molecular weight excluding hydrogens is 338 g/mol. The molecule has 0 bridgehead atoms. The van der Waals surface area contributed by atoms with Gasteiger partial charge in [-0.2, -0.15) is 0 Å². The maximum Gasteiger partial charge on any atom is 0.163 e. The van der Waals surface area contributed by atoms with Crippen molar-refractivity contribution in [2.24, 2.45) is 0 Å². The van der Waals surface area contributed by atoms with Crippen molar-refractivity contribution in [1.82, 2.24) is 15.0 Å². The van der Waals surface area contributed by atoms with E-state index < -0.39 is 0 Å². The Hall–Kier alpha value is -1.78. The van der Waals surface area contributed by atoms with E-state index in [9.17, 15) is 0 Å². The molecule has 0 saturated carbocycles. The Morgan fingerprint density at radius 1 is 0.900 bits per heavy atom. The average Bonchev–Trinajstić information content (AvgIpc) is 2.47. The summed E-state index contributed by atoms with van der Waals surface area (Å²) in [5, 5.41) is 0.411. The van der Waals surface area contributed by atoms with Gasteiger partial charge in [0.05, 0.1) is 5.69 Å². The second-order valence-corrected chi connectivity index (χ2v) is 5.46. The molecular formula is C15H9BrClN3. The minimum Gasteiger partial charge on any atom is -0.263 e. The molecule has 0 atom stereocenters. The summed E-state index contributed by atoms with van der Waals surface area (Å²) < 4.78 is 0.875. The van der Waals surface area contributed by atoms with Gasteiger partial charge in [-0.3, -0.25) is 4.98 Å². The molecule has 1 aromatic carbocycles. The van der Waals surface area contributed by atoms with Crippen LogP contribution in [0.2, 0.25) is 5.15 Å². The molecule has 2 heterocycles. The van der Waals surface area contributed by atoms with Crippen LogP contribution in [0.25, 0.3) is 22.6 Å². The van der Waals surface area contributed by atoms with Gasteiger partial charge < -0.3 is 0 Å². The zero-order valence-corrected chi connectivity index (χ0v) is 12.6. The lowest BCUT2D eigenvalue weighted by Crippen LogP contribution is -1.93. The molecule has 3 aromatic rings. The summed E-state index contributed by atoms with van der Waals surface area (Å²) in [6.07, 6.45) is 3.43. The fourth-order valence-electron chi connectivity index (χ4n) is 1.84. The van der Waals surface area contributed by atoms with Gasteiger partial charge in [0.1, 0.15) is 5.15 Å². The van der Waals surface area contributed by atoms with Gasteiger partial charge in [-0.05, 0) is 22.0 Å². The number of hydrogen-bond donors (Lipinski definition) is 0. The summed E-state index contributed by atoms with van der Waals surface area (Å²) in [5.41, 5.74) is 2.61. The first-order valence-corrected chi connectivity index (χ1v) is 7.10. The van der Waals surface area contributed by atoms with Crippen molar-refractivity contribution in [1.29, 1.82) is 0 Å². The Balaban J connectivity index is 2.12. The van der Waals surface area contributed by atoms with Crippen LogP contribution in [0.1, 0.15) is 0 Å². The van der Waals surface area contributed by atoms with Crippen LogP contribution in [0, 0.1) is 0 Å². The molecule has 3 nitrogen and oxygen atoms in total. The number of nitrogens with zero attached hydrogens (tertiary/aromatic N) is 3. The molecule has 0 radical (unpaired) electrons. The van der Waals surface area contributed by atoms with Gasteiger partial charge >= 0.3 is 0 Å². The molecule has 20 heavy (non-hydrogen) atoms. The smallest absolute Gasteiger partial charge is 0.163 e. The highest BCUT2D eigenvalue weighted by molar-refractivity contribution is 9.10. The summed E-state index contributed by atoms with van der Waals surface area (Å²) in [5.74, 6) is 0.560. The van der Waals surface area contributed by atoms with Gasteiger partial charge in [0.15, 0.2) is 5.82 Å². The number of pyridine rings is 1. The summed E-state index contributed by atoms with van der Waals surface area (Å²) in [6, 6.07) is 13.5. The van der Waals surface area contributed by atoms with Crippen molar-refractivity contribution in [3.05, 3.63) is 64.5 Å². The van der Waals surface area contributed by atoms with E-state index in [0.29, 0.717) is 11.0 Å². The van der Waals surface area contributed by atoms with Gasteiger partial charge in [-0.25, -0.2) is 9.97 Å². The minimum atomic E-state index is 0.411. The molecule has 2 aromatic heterocycles. The average molecular weight is 347 g/mol. The maximum atomic E-state index is 6.11. The molecule has 0 fully saturated rings. The fraction of sp³-hybridized carbons (Fsp3) is 0. The van der Waals surface area contributed by atoms with Crippen LogP contribution in [0.15, 0.2) is 59.3 Å². The lowest BCUT2D eigenvalue weighted by atomic mass is 10.1. The Kier molecular flexibility index (Phi) is 3.76. The quantitative estimate of drug-likeness (QED) is 0.635.